The number of para-hydroxylation sites is 2. The van der Waals surface area contributed by atoms with Crippen molar-refractivity contribution >= 4 is 17.5 Å². The van der Waals surface area contributed by atoms with E-state index in [9.17, 15) is 9.59 Å². The third kappa shape index (κ3) is 4.49. The molecule has 30 heavy (non-hydrogen) atoms. The van der Waals surface area contributed by atoms with E-state index >= 15 is 0 Å². The molecule has 0 bridgehead atoms. The van der Waals surface area contributed by atoms with Gasteiger partial charge in [0, 0.05) is 19.5 Å². The summed E-state index contributed by atoms with van der Waals surface area (Å²) in [6.45, 7) is 4.78. The lowest BCUT2D eigenvalue weighted by Crippen LogP contribution is -2.46. The molecule has 1 fully saturated rings. The summed E-state index contributed by atoms with van der Waals surface area (Å²) in [7, 11) is 0. The van der Waals surface area contributed by atoms with E-state index in [4.69, 9.17) is 4.74 Å². The summed E-state index contributed by atoms with van der Waals surface area (Å²) in [4.78, 5) is 29.3. The number of likely N-dealkylation sites (tertiary alicyclic amines) is 1. The number of fused-ring (bicyclic) bond motifs is 1. The monoisotopic (exact) mass is 407 g/mol. The van der Waals surface area contributed by atoms with Crippen LogP contribution >= 0.6 is 0 Å². The molecule has 2 aromatic carbocycles. The number of hydrogen-bond donors (Lipinski definition) is 1. The van der Waals surface area contributed by atoms with Gasteiger partial charge in [0.2, 0.25) is 5.91 Å². The molecule has 2 heterocycles. The second-order valence-electron chi connectivity index (χ2n) is 7.94. The van der Waals surface area contributed by atoms with Gasteiger partial charge in [0.05, 0.1) is 11.7 Å². The zero-order valence-corrected chi connectivity index (χ0v) is 17.4. The maximum Gasteiger partial charge on any atom is 0.267 e. The summed E-state index contributed by atoms with van der Waals surface area (Å²) in [6, 6.07) is 18.0. The van der Waals surface area contributed by atoms with Gasteiger partial charge in [0.15, 0.2) is 6.10 Å². The van der Waals surface area contributed by atoms with Gasteiger partial charge in [-0.3, -0.25) is 14.5 Å². The molecule has 1 saturated heterocycles. The molecule has 2 aromatic rings. The average molecular weight is 408 g/mol. The Morgan fingerprint density at radius 2 is 1.80 bits per heavy atom. The maximum atomic E-state index is 12.6. The van der Waals surface area contributed by atoms with Crippen LogP contribution in [0.2, 0.25) is 0 Å². The fourth-order valence-electron chi connectivity index (χ4n) is 4.29. The Labute approximate surface area is 177 Å². The van der Waals surface area contributed by atoms with Crippen LogP contribution in [0.3, 0.4) is 0 Å². The SMILES string of the molecule is CC1Oc2ccccc2N(CCC(=O)NCC(c2ccccc2)N2CCCC2)C1=O. The van der Waals surface area contributed by atoms with Crippen molar-refractivity contribution in [3.05, 3.63) is 60.2 Å². The fraction of sp³-hybridized carbons (Fsp3) is 0.417. The van der Waals surface area contributed by atoms with Gasteiger partial charge in [-0.1, -0.05) is 42.5 Å². The molecule has 2 unspecified atom stereocenters. The first-order valence-corrected chi connectivity index (χ1v) is 10.8. The Morgan fingerprint density at radius 3 is 2.57 bits per heavy atom. The molecular weight excluding hydrogens is 378 g/mol. The topological polar surface area (TPSA) is 61.9 Å². The second-order valence-corrected chi connectivity index (χ2v) is 7.94. The van der Waals surface area contributed by atoms with Gasteiger partial charge in [-0.2, -0.15) is 0 Å². The number of benzene rings is 2. The summed E-state index contributed by atoms with van der Waals surface area (Å²) in [5.41, 5.74) is 1.96. The van der Waals surface area contributed by atoms with E-state index in [0.29, 0.717) is 18.8 Å². The number of hydrogen-bond acceptors (Lipinski definition) is 4. The summed E-state index contributed by atoms with van der Waals surface area (Å²) >= 11 is 0. The molecule has 2 amide bonds. The number of carbonyl (C=O) groups is 2. The number of amides is 2. The van der Waals surface area contributed by atoms with E-state index < -0.39 is 6.10 Å². The van der Waals surface area contributed by atoms with Gasteiger partial charge >= 0.3 is 0 Å². The number of anilines is 1. The van der Waals surface area contributed by atoms with E-state index in [2.05, 4.69) is 22.3 Å². The van der Waals surface area contributed by atoms with Crippen LogP contribution in [0.15, 0.2) is 54.6 Å². The predicted molar refractivity (Wildman–Crippen MR) is 117 cm³/mol. The lowest BCUT2D eigenvalue weighted by Gasteiger charge is -2.33. The van der Waals surface area contributed by atoms with Crippen LogP contribution in [0, 0.1) is 0 Å². The molecule has 0 saturated carbocycles. The summed E-state index contributed by atoms with van der Waals surface area (Å²) < 4.78 is 5.67. The first-order chi connectivity index (χ1) is 14.6. The summed E-state index contributed by atoms with van der Waals surface area (Å²) in [6.07, 6.45) is 2.12. The van der Waals surface area contributed by atoms with Crippen molar-refractivity contribution < 1.29 is 14.3 Å². The molecule has 4 rings (SSSR count). The molecule has 6 heteroatoms. The van der Waals surface area contributed by atoms with Crippen LogP contribution in [0.4, 0.5) is 5.69 Å². The normalized spacial score (nSPS) is 19.8. The molecule has 2 atom stereocenters. The van der Waals surface area contributed by atoms with Gasteiger partial charge in [0.1, 0.15) is 5.75 Å². The molecule has 0 spiro atoms. The lowest BCUT2D eigenvalue weighted by molar-refractivity contribution is -0.125. The Kier molecular flexibility index (Phi) is 6.33. The third-order valence-corrected chi connectivity index (χ3v) is 5.89. The molecule has 0 aromatic heterocycles. The number of rotatable bonds is 7. The van der Waals surface area contributed by atoms with Crippen molar-refractivity contribution in [3.8, 4) is 5.75 Å². The van der Waals surface area contributed by atoms with E-state index in [1.165, 1.54) is 18.4 Å². The zero-order valence-electron chi connectivity index (χ0n) is 17.4. The van der Waals surface area contributed by atoms with Crippen LogP contribution in [0.25, 0.3) is 0 Å². The predicted octanol–water partition coefficient (Wildman–Crippen LogP) is 3.14. The second kappa shape index (κ2) is 9.30. The van der Waals surface area contributed by atoms with Gasteiger partial charge in [-0.05, 0) is 50.6 Å². The Balaban J connectivity index is 1.37. The highest BCUT2D eigenvalue weighted by molar-refractivity contribution is 6.00. The molecule has 6 nitrogen and oxygen atoms in total. The zero-order chi connectivity index (χ0) is 20.9. The van der Waals surface area contributed by atoms with Gasteiger partial charge in [0.25, 0.3) is 5.91 Å². The van der Waals surface area contributed by atoms with Crippen LogP contribution < -0.4 is 15.0 Å². The molecule has 1 N–H and O–H groups in total. The van der Waals surface area contributed by atoms with Crippen LogP contribution in [-0.2, 0) is 9.59 Å². The standard InChI is InChI=1S/C24H29N3O3/c1-18-24(29)27(20-11-5-6-12-22(20)30-18)16-13-23(28)25-17-21(26-14-7-8-15-26)19-9-3-2-4-10-19/h2-6,9-12,18,21H,7-8,13-17H2,1H3,(H,25,28). The summed E-state index contributed by atoms with van der Waals surface area (Å²) in [5, 5.41) is 3.10. The molecule has 2 aliphatic heterocycles. The highest BCUT2D eigenvalue weighted by Gasteiger charge is 2.31. The number of nitrogens with zero attached hydrogens (tertiary/aromatic N) is 2. The van der Waals surface area contributed by atoms with Gasteiger partial charge in [-0.25, -0.2) is 0 Å². The minimum atomic E-state index is -0.541. The Bertz CT molecular complexity index is 880. The minimum Gasteiger partial charge on any atom is -0.479 e. The average Bonchev–Trinajstić information content (AvgIpc) is 3.29. The van der Waals surface area contributed by atoms with Crippen molar-refractivity contribution in [2.24, 2.45) is 0 Å². The van der Waals surface area contributed by atoms with Gasteiger partial charge < -0.3 is 15.0 Å². The first kappa shape index (κ1) is 20.4. The molecule has 158 valence electrons. The largest absolute Gasteiger partial charge is 0.479 e. The third-order valence-electron chi connectivity index (χ3n) is 5.89. The molecular formula is C24H29N3O3. The molecule has 2 aliphatic rings. The smallest absolute Gasteiger partial charge is 0.267 e. The fourth-order valence-corrected chi connectivity index (χ4v) is 4.29. The van der Waals surface area contributed by atoms with E-state index in [1.807, 2.05) is 42.5 Å². The first-order valence-electron chi connectivity index (χ1n) is 10.8. The van der Waals surface area contributed by atoms with E-state index in [0.717, 1.165) is 18.8 Å². The molecule has 0 radical (unpaired) electrons. The van der Waals surface area contributed by atoms with Crippen molar-refractivity contribution in [2.75, 3.05) is 31.1 Å². The van der Waals surface area contributed by atoms with Crippen molar-refractivity contribution in [1.29, 1.82) is 0 Å². The number of ether oxygens (including phenoxy) is 1. The van der Waals surface area contributed by atoms with E-state index in [1.54, 1.807) is 11.8 Å². The van der Waals surface area contributed by atoms with Crippen molar-refractivity contribution in [1.82, 2.24) is 10.2 Å². The van der Waals surface area contributed by atoms with Gasteiger partial charge in [-0.15, -0.1) is 0 Å². The van der Waals surface area contributed by atoms with E-state index in [-0.39, 0.29) is 24.3 Å². The highest BCUT2D eigenvalue weighted by atomic mass is 16.5. The summed E-state index contributed by atoms with van der Waals surface area (Å²) in [5.74, 6) is 0.531. The lowest BCUT2D eigenvalue weighted by atomic mass is 10.1. The van der Waals surface area contributed by atoms with Crippen LogP contribution in [-0.4, -0.2) is 49.0 Å². The number of carbonyl (C=O) groups excluding carboxylic acids is 2. The number of nitrogens with one attached hydrogen (secondary N) is 1. The Hall–Kier alpha value is -2.86. The van der Waals surface area contributed by atoms with Crippen LogP contribution in [0.1, 0.15) is 37.8 Å². The van der Waals surface area contributed by atoms with Crippen molar-refractivity contribution in [2.45, 2.75) is 38.3 Å². The quantitative estimate of drug-likeness (QED) is 0.766. The van der Waals surface area contributed by atoms with Crippen LogP contribution in [0.5, 0.6) is 5.75 Å². The minimum absolute atomic E-state index is 0.0421. The van der Waals surface area contributed by atoms with Crippen molar-refractivity contribution in [3.63, 3.8) is 0 Å². The maximum absolute atomic E-state index is 12.6. The Morgan fingerprint density at radius 1 is 1.10 bits per heavy atom. The highest BCUT2D eigenvalue weighted by Crippen LogP contribution is 2.33. The molecule has 0 aliphatic carbocycles.